The van der Waals surface area contributed by atoms with Crippen molar-refractivity contribution in [3.05, 3.63) is 257 Å². The van der Waals surface area contributed by atoms with E-state index in [4.69, 9.17) is 40.9 Å². The molecule has 0 spiro atoms. The smallest absolute Gasteiger partial charge is 0.444 e. The maximum atomic E-state index is 15.9. The molecule has 0 bridgehead atoms. The first-order valence-electron chi connectivity index (χ1n) is 39.7. The van der Waals surface area contributed by atoms with E-state index in [0.29, 0.717) is 61.8 Å². The van der Waals surface area contributed by atoms with E-state index in [1.807, 2.05) is 110 Å². The van der Waals surface area contributed by atoms with Crippen molar-refractivity contribution in [2.75, 3.05) is 24.5 Å². The van der Waals surface area contributed by atoms with E-state index in [0.717, 1.165) is 159 Å². The van der Waals surface area contributed by atoms with Crippen LogP contribution < -0.4 is 15.7 Å². The number of aromatic nitrogens is 13. The lowest BCUT2D eigenvalue weighted by Crippen LogP contribution is -2.41. The first kappa shape index (κ1) is 89.0. The number of aryl methyl sites for hydroxylation is 9. The van der Waals surface area contributed by atoms with E-state index in [1.165, 1.54) is 28.1 Å². The molecule has 122 heavy (non-hydrogen) atoms. The minimum atomic E-state index is -4.52. The summed E-state index contributed by atoms with van der Waals surface area (Å²) >= 11 is 8.87. The number of anilines is 1. The largest absolute Gasteiger partial charge is 0.495 e. The van der Waals surface area contributed by atoms with Crippen molar-refractivity contribution in [3.8, 4) is 39.6 Å². The molecule has 12 heterocycles. The van der Waals surface area contributed by atoms with E-state index in [-0.39, 0.29) is 66.2 Å². The Morgan fingerprint density at radius 3 is 1.42 bits per heavy atom. The van der Waals surface area contributed by atoms with Gasteiger partial charge >= 0.3 is 25.6 Å². The molecule has 4 aliphatic heterocycles. The summed E-state index contributed by atoms with van der Waals surface area (Å²) in [5, 5.41) is 20.8. The van der Waals surface area contributed by atoms with Gasteiger partial charge in [0.05, 0.1) is 74.4 Å². The summed E-state index contributed by atoms with van der Waals surface area (Å²) in [5.41, 5.74) is 22.1. The number of H-pyrrole nitrogens is 3. The first-order valence-corrected chi connectivity index (χ1v) is 40.9. The zero-order valence-electron chi connectivity index (χ0n) is 70.4. The van der Waals surface area contributed by atoms with Crippen LogP contribution in [0.5, 0.6) is 0 Å². The van der Waals surface area contributed by atoms with E-state index >= 15 is 8.78 Å². The summed E-state index contributed by atoms with van der Waals surface area (Å²) < 4.78 is 130. The fourth-order valence-corrected chi connectivity index (χ4v) is 16.6. The molecule has 4 N–H and O–H groups in total. The van der Waals surface area contributed by atoms with E-state index in [9.17, 15) is 31.1 Å². The molecule has 0 aliphatic carbocycles. The molecule has 0 atom stereocenters. The number of rotatable bonds is 7. The molecule has 1 fully saturated rings. The number of alkyl halides is 6. The maximum absolute atomic E-state index is 15.9. The molecule has 1 saturated heterocycles. The van der Waals surface area contributed by atoms with Crippen LogP contribution in [0.15, 0.2) is 145 Å². The molecule has 20 nitrogen and oxygen atoms in total. The Labute approximate surface area is 721 Å². The standard InChI is InChI=1S/C28H24F4N6.C23H23FN4.C19H24BrN3O2.C15H20BNO2.C5H2ClF3N2.ClH/c1-15-5-4-6-16(2)25(15)38-26(23-19-7-9-33-24(19)17(3)11-21(23)29)20-14-37(10-8-22(20)36-38)27-34-12-18(13-35-27)28(30,31)32;1-13-5-4-6-14(2)22(13)28-23(17-12-25-9-8-19(17)27-28)20-16-7-10-26-21(16)15(3)11-18(20)24;1-12-7-6-8-13(2)16(12)23-17(20)14-11-22(10-9-15(14)21-23)18(24)25-19(3,4)5;1-10-6-7-12(11-8-9-17-13(10)11)16-18-14(2,3)15(4,5)19-16;6-4-10-1-3(2-11-4)5(7,8)9;/h4-7,9,11-13,33H,8,10,14H2,1-3H3;4-7,10-11,25-26H,8-9,12H2,1-3H3;6-8H,9-11H2,1-5H3;6-9,17H,1-5H3;1-2H;1H. The molecule has 14 aromatic rings. The van der Waals surface area contributed by atoms with Gasteiger partial charge in [-0.2, -0.15) is 41.6 Å². The number of nitrogens with zero attached hydrogens (tertiary/aromatic N) is 12. The molecule has 0 unspecified atom stereocenters. The van der Waals surface area contributed by atoms with Crippen LogP contribution in [0.2, 0.25) is 5.28 Å². The average molecular weight is 1780 g/mol. The van der Waals surface area contributed by atoms with Crippen molar-refractivity contribution in [2.24, 2.45) is 0 Å². The van der Waals surface area contributed by atoms with Crippen LogP contribution in [0.25, 0.3) is 72.3 Å². The Kier molecular flexibility index (Phi) is 25.4. The summed E-state index contributed by atoms with van der Waals surface area (Å²) in [6, 6.07) is 31.7. The number of hydrogen-bond donors (Lipinski definition) is 4. The molecule has 0 saturated carbocycles. The van der Waals surface area contributed by atoms with Gasteiger partial charge in [-0.25, -0.2) is 47.6 Å². The summed E-state index contributed by atoms with van der Waals surface area (Å²) in [4.78, 5) is 40.1. The SMILES string of the molecule is Cc1ccc(B2OC(C)(C)C(C)(C)O2)c2cc[nH]c12.Cc1cccc(C)c1-n1nc2c(c1-c1c(F)cc(C)c3[nH]ccc13)CN(c1ncc(C(F)(F)F)cn1)CC2.Cc1cccc(C)c1-n1nc2c(c1-c1c(F)cc(C)c3[nH]ccc13)CNCC2.Cc1cccc(C)c1-n1nc2c(c1Br)CN(C(=O)OC(C)(C)C)CC2.Cl.FC(F)(F)c1cnc(Cl)nc1. The number of nitrogens with one attached hydrogen (secondary N) is 4. The van der Waals surface area contributed by atoms with Gasteiger partial charge in [0.2, 0.25) is 11.2 Å². The number of carbonyl (C=O) groups excluding carboxylic acids is 1. The predicted octanol–water partition coefficient (Wildman–Crippen LogP) is 21.1. The molecule has 32 heteroatoms. The Morgan fingerprint density at radius 1 is 0.525 bits per heavy atom. The van der Waals surface area contributed by atoms with Crippen molar-refractivity contribution in [3.63, 3.8) is 0 Å². The number of carbonyl (C=O) groups is 1. The fraction of sp³-hybridized carbons (Fsp3) is 0.333. The summed E-state index contributed by atoms with van der Waals surface area (Å²) in [7, 11) is -0.302. The maximum Gasteiger partial charge on any atom is 0.495 e. The van der Waals surface area contributed by atoms with Gasteiger partial charge in [-0.3, -0.25) is 0 Å². The number of halogens is 11. The van der Waals surface area contributed by atoms with E-state index < -0.39 is 29.1 Å². The summed E-state index contributed by atoms with van der Waals surface area (Å²) in [5.74, 6) is -0.386. The highest BCUT2D eigenvalue weighted by Gasteiger charge is 2.52. The van der Waals surface area contributed by atoms with Gasteiger partial charge in [-0.1, -0.05) is 66.7 Å². The Balaban J connectivity index is 0.000000137. The van der Waals surface area contributed by atoms with Crippen molar-refractivity contribution < 1.29 is 54.0 Å². The summed E-state index contributed by atoms with van der Waals surface area (Å²) in [6.45, 7) is 35.7. The molecule has 8 aromatic heterocycles. The van der Waals surface area contributed by atoms with Crippen LogP contribution in [-0.4, -0.2) is 119 Å². The van der Waals surface area contributed by atoms with Crippen molar-refractivity contribution >= 4 is 97.3 Å². The second kappa shape index (κ2) is 34.9. The molecule has 638 valence electrons. The van der Waals surface area contributed by atoms with Crippen LogP contribution in [0.3, 0.4) is 0 Å². The van der Waals surface area contributed by atoms with E-state index in [2.05, 4.69) is 173 Å². The Bertz CT molecular complexity index is 6170. The number of hydrogen-bond acceptors (Lipinski definition) is 13. The van der Waals surface area contributed by atoms with Crippen molar-refractivity contribution in [1.82, 2.24) is 74.4 Å². The van der Waals surface area contributed by atoms with Gasteiger partial charge in [0.25, 0.3) is 0 Å². The number of amides is 1. The van der Waals surface area contributed by atoms with Gasteiger partial charge < -0.3 is 44.1 Å². The number of fused-ring (bicyclic) bond motifs is 6. The Hall–Kier alpha value is -10.8. The van der Waals surface area contributed by atoms with Crippen LogP contribution >= 0.6 is 39.9 Å². The van der Waals surface area contributed by atoms with Gasteiger partial charge in [-0.05, 0) is 230 Å². The van der Waals surface area contributed by atoms with Crippen molar-refractivity contribution in [1.29, 1.82) is 0 Å². The first-order chi connectivity index (χ1) is 57.2. The van der Waals surface area contributed by atoms with Crippen LogP contribution in [0.4, 0.5) is 45.9 Å². The molecule has 6 aromatic carbocycles. The molecule has 18 rings (SSSR count). The van der Waals surface area contributed by atoms with Crippen LogP contribution in [-0.2, 0) is 65.3 Å². The van der Waals surface area contributed by atoms with Gasteiger partial charge in [0, 0.05) is 151 Å². The van der Waals surface area contributed by atoms with Gasteiger partial charge in [-0.15, -0.1) is 12.4 Å². The van der Waals surface area contributed by atoms with Crippen molar-refractivity contribution in [2.45, 2.75) is 179 Å². The monoisotopic (exact) mass is 1770 g/mol. The third kappa shape index (κ3) is 17.9. The minimum absolute atomic E-state index is 0. The number of aromatic amines is 3. The van der Waals surface area contributed by atoms with Gasteiger partial charge in [0.15, 0.2) is 0 Å². The minimum Gasteiger partial charge on any atom is -0.444 e. The topological polar surface area (TPSA) is 216 Å². The lowest BCUT2D eigenvalue weighted by atomic mass is 9.76. The van der Waals surface area contributed by atoms with Crippen LogP contribution in [0, 0.1) is 73.9 Å². The molecule has 0 radical (unpaired) electrons. The predicted molar refractivity (Wildman–Crippen MR) is 466 cm³/mol. The highest BCUT2D eigenvalue weighted by Crippen LogP contribution is 2.44. The number of para-hydroxylation sites is 3. The molecule has 4 aliphatic rings. The quantitative estimate of drug-likeness (QED) is 0.0664. The second-order valence-corrected chi connectivity index (χ2v) is 34.0. The zero-order valence-corrected chi connectivity index (χ0v) is 73.6. The highest BCUT2D eigenvalue weighted by molar-refractivity contribution is 9.10. The summed E-state index contributed by atoms with van der Waals surface area (Å²) in [6.07, 6.45) is 1.39. The van der Waals surface area contributed by atoms with E-state index in [1.54, 1.807) is 17.2 Å². The second-order valence-electron chi connectivity index (χ2n) is 32.9. The molecular weight excluding hydrogens is 1680 g/mol. The fourth-order valence-electron chi connectivity index (χ4n) is 15.9. The zero-order chi connectivity index (χ0) is 86.9. The van der Waals surface area contributed by atoms with Crippen LogP contribution in [0.1, 0.15) is 143 Å². The third-order valence-electron chi connectivity index (χ3n) is 22.6. The Morgan fingerprint density at radius 2 is 0.943 bits per heavy atom. The number of ether oxygens (including phenoxy) is 1. The highest BCUT2D eigenvalue weighted by atomic mass is 79.9. The molecular formula is C90H94BBrCl2F8N16O4. The third-order valence-corrected chi connectivity index (χ3v) is 23.7. The lowest BCUT2D eigenvalue weighted by molar-refractivity contribution is -0.138. The van der Waals surface area contributed by atoms with Gasteiger partial charge in [0.1, 0.15) is 21.8 Å². The normalized spacial score (nSPS) is 14.8. The number of benzene rings is 6. The molecule has 1 amide bonds. The lowest BCUT2D eigenvalue weighted by Gasteiger charge is -2.32. The average Bonchev–Trinajstić information content (AvgIpc) is 1.60.